The Balaban J connectivity index is 2.89. The maximum absolute atomic E-state index is 9.20. The van der Waals surface area contributed by atoms with Crippen LogP contribution in [0.1, 0.15) is 0 Å². The van der Waals surface area contributed by atoms with Gasteiger partial charge in [0.25, 0.3) is 0 Å². The van der Waals surface area contributed by atoms with E-state index in [0.717, 1.165) is 20.0 Å². The number of fused-ring (bicyclic) bond motifs is 1. The molecule has 2 aromatic rings. The van der Waals surface area contributed by atoms with Crippen LogP contribution < -0.4 is 4.73 Å². The first-order valence-corrected chi connectivity index (χ1v) is 4.35. The Morgan fingerprint density at radius 2 is 1.92 bits per heavy atom. The minimum absolute atomic E-state index is 0.892. The summed E-state index contributed by atoms with van der Waals surface area (Å²) >= 11 is 3.37. The van der Waals surface area contributed by atoms with Crippen LogP contribution in [0.3, 0.4) is 0 Å². The molecule has 0 radical (unpaired) electrons. The third kappa shape index (κ3) is 1.16. The van der Waals surface area contributed by atoms with Gasteiger partial charge >= 0.3 is 0 Å². The summed E-state index contributed by atoms with van der Waals surface area (Å²) in [5, 5.41) is 11.3. The van der Waals surface area contributed by atoms with Gasteiger partial charge in [-0.3, -0.25) is 5.21 Å². The van der Waals surface area contributed by atoms with Gasteiger partial charge in [0.15, 0.2) is 0 Å². The summed E-state index contributed by atoms with van der Waals surface area (Å²) in [6.07, 6.45) is 3.28. The molecule has 0 saturated heterocycles. The maximum Gasteiger partial charge on any atom is 0.237 e. The fraction of sp³-hybridized carbons (Fsp3) is 0. The number of nitrogens with zero attached hydrogens (tertiary/aromatic N) is 1. The monoisotopic (exact) mass is 224 g/mol. The molecule has 0 unspecified atom stereocenters. The molecule has 1 N–H and O–H groups in total. The molecule has 0 saturated carbocycles. The molecule has 60 valence electrons. The van der Waals surface area contributed by atoms with Crippen molar-refractivity contribution in [1.29, 1.82) is 0 Å². The van der Waals surface area contributed by atoms with Crippen LogP contribution >= 0.6 is 15.9 Å². The van der Waals surface area contributed by atoms with Gasteiger partial charge in [0.05, 0.1) is 9.86 Å². The molecule has 0 aliphatic carbocycles. The first-order chi connectivity index (χ1) is 5.77. The van der Waals surface area contributed by atoms with E-state index in [1.807, 2.05) is 24.3 Å². The van der Waals surface area contributed by atoms with E-state index in [-0.39, 0.29) is 0 Å². The fourth-order valence-corrected chi connectivity index (χ4v) is 1.76. The first kappa shape index (κ1) is 7.55. The average molecular weight is 225 g/mol. The molecule has 0 amide bonds. The van der Waals surface area contributed by atoms with Gasteiger partial charge < -0.3 is 0 Å². The lowest BCUT2D eigenvalue weighted by Crippen LogP contribution is -2.28. The molecular formula is C9H7BrNO+. The van der Waals surface area contributed by atoms with Gasteiger partial charge in [0.2, 0.25) is 12.4 Å². The van der Waals surface area contributed by atoms with Crippen LogP contribution in [0, 0.1) is 0 Å². The highest BCUT2D eigenvalue weighted by Crippen LogP contribution is 2.20. The van der Waals surface area contributed by atoms with E-state index >= 15 is 0 Å². The first-order valence-electron chi connectivity index (χ1n) is 3.56. The number of hydrogen-bond donors (Lipinski definition) is 1. The van der Waals surface area contributed by atoms with Gasteiger partial charge in [0, 0.05) is 10.1 Å². The number of benzene rings is 1. The van der Waals surface area contributed by atoms with E-state index in [4.69, 9.17) is 0 Å². The Bertz CT molecular complexity index is 428. The molecule has 2 nitrogen and oxygen atoms in total. The van der Waals surface area contributed by atoms with E-state index in [1.54, 1.807) is 12.4 Å². The summed E-state index contributed by atoms with van der Waals surface area (Å²) in [5.74, 6) is 0. The summed E-state index contributed by atoms with van der Waals surface area (Å²) in [6.45, 7) is 0. The molecular weight excluding hydrogens is 218 g/mol. The minimum atomic E-state index is 0.892. The highest BCUT2D eigenvalue weighted by molar-refractivity contribution is 9.10. The van der Waals surface area contributed by atoms with Crippen LogP contribution in [0.2, 0.25) is 0 Å². The van der Waals surface area contributed by atoms with E-state index < -0.39 is 0 Å². The summed E-state index contributed by atoms with van der Waals surface area (Å²) < 4.78 is 1.94. The predicted octanol–water partition coefficient (Wildman–Crippen LogP) is 2.13. The molecule has 1 aromatic heterocycles. The van der Waals surface area contributed by atoms with Crippen molar-refractivity contribution < 1.29 is 9.94 Å². The SMILES string of the molecule is O[n+]1cc(Br)c2ccccc2c1. The summed E-state index contributed by atoms with van der Waals surface area (Å²) in [5.41, 5.74) is 0. The smallest absolute Gasteiger partial charge is 0.237 e. The van der Waals surface area contributed by atoms with Crippen molar-refractivity contribution in [2.75, 3.05) is 0 Å². The standard InChI is InChI=1S/C9H7BrNO/c10-9-6-11(12)5-7-3-1-2-4-8(7)9/h1-6,12H/q+1. The van der Waals surface area contributed by atoms with E-state index in [9.17, 15) is 5.21 Å². The van der Waals surface area contributed by atoms with Crippen molar-refractivity contribution in [1.82, 2.24) is 0 Å². The number of hydrogen-bond acceptors (Lipinski definition) is 1. The molecule has 1 aromatic carbocycles. The zero-order valence-corrected chi connectivity index (χ0v) is 7.82. The third-order valence-electron chi connectivity index (χ3n) is 1.74. The summed E-state index contributed by atoms with van der Waals surface area (Å²) in [4.78, 5) is 0. The third-order valence-corrected chi connectivity index (χ3v) is 2.37. The van der Waals surface area contributed by atoms with E-state index in [0.29, 0.717) is 0 Å². The van der Waals surface area contributed by atoms with Crippen LogP contribution in [-0.4, -0.2) is 5.21 Å². The molecule has 0 spiro atoms. The second kappa shape index (κ2) is 2.75. The van der Waals surface area contributed by atoms with Crippen LogP contribution in [0.4, 0.5) is 0 Å². The predicted molar refractivity (Wildman–Crippen MR) is 49.0 cm³/mol. The minimum Gasteiger partial charge on any atom is -0.285 e. The van der Waals surface area contributed by atoms with Gasteiger partial charge in [0.1, 0.15) is 0 Å². The lowest BCUT2D eigenvalue weighted by Gasteiger charge is -1.94. The van der Waals surface area contributed by atoms with Gasteiger partial charge in [-0.15, -0.1) is 0 Å². The molecule has 12 heavy (non-hydrogen) atoms. The number of halogens is 1. The Kier molecular flexibility index (Phi) is 1.73. The highest BCUT2D eigenvalue weighted by Gasteiger charge is 2.05. The van der Waals surface area contributed by atoms with E-state index in [1.165, 1.54) is 0 Å². The maximum atomic E-state index is 9.20. The number of pyridine rings is 1. The van der Waals surface area contributed by atoms with E-state index in [2.05, 4.69) is 15.9 Å². The van der Waals surface area contributed by atoms with Crippen molar-refractivity contribution in [3.8, 4) is 0 Å². The molecule has 0 atom stereocenters. The zero-order chi connectivity index (χ0) is 8.55. The van der Waals surface area contributed by atoms with Crippen molar-refractivity contribution in [2.45, 2.75) is 0 Å². The van der Waals surface area contributed by atoms with Crippen LogP contribution in [-0.2, 0) is 0 Å². The lowest BCUT2D eigenvalue weighted by molar-refractivity contribution is -0.904. The Hall–Kier alpha value is -1.09. The summed E-state index contributed by atoms with van der Waals surface area (Å²) in [7, 11) is 0. The van der Waals surface area contributed by atoms with Crippen molar-refractivity contribution in [3.05, 3.63) is 41.1 Å². The molecule has 0 bridgehead atoms. The summed E-state index contributed by atoms with van der Waals surface area (Å²) in [6, 6.07) is 7.86. The van der Waals surface area contributed by atoms with Gasteiger partial charge in [-0.25, -0.2) is 0 Å². The lowest BCUT2D eigenvalue weighted by atomic mass is 10.2. The second-order valence-corrected chi connectivity index (χ2v) is 3.43. The van der Waals surface area contributed by atoms with Gasteiger partial charge in [-0.2, -0.15) is 0 Å². The zero-order valence-electron chi connectivity index (χ0n) is 6.24. The van der Waals surface area contributed by atoms with Crippen LogP contribution in [0.15, 0.2) is 41.1 Å². The van der Waals surface area contributed by atoms with Gasteiger partial charge in [-0.05, 0) is 22.0 Å². The normalized spacial score (nSPS) is 10.4. The topological polar surface area (TPSA) is 24.1 Å². The van der Waals surface area contributed by atoms with Crippen molar-refractivity contribution in [3.63, 3.8) is 0 Å². The van der Waals surface area contributed by atoms with Crippen molar-refractivity contribution in [2.24, 2.45) is 0 Å². The molecule has 2 rings (SSSR count). The van der Waals surface area contributed by atoms with Crippen LogP contribution in [0.25, 0.3) is 10.8 Å². The molecule has 0 aliphatic rings. The molecule has 0 aliphatic heterocycles. The molecule has 1 heterocycles. The largest absolute Gasteiger partial charge is 0.285 e. The molecule has 3 heteroatoms. The van der Waals surface area contributed by atoms with Gasteiger partial charge in [-0.1, -0.05) is 18.2 Å². The van der Waals surface area contributed by atoms with Crippen molar-refractivity contribution >= 4 is 26.7 Å². The Labute approximate surface area is 78.2 Å². The second-order valence-electron chi connectivity index (χ2n) is 2.57. The quantitative estimate of drug-likeness (QED) is 0.539. The average Bonchev–Trinajstić information content (AvgIpc) is 2.04. The Morgan fingerprint density at radius 3 is 2.75 bits per heavy atom. The number of rotatable bonds is 0. The Morgan fingerprint density at radius 1 is 1.17 bits per heavy atom. The molecule has 0 fully saturated rings. The van der Waals surface area contributed by atoms with Crippen LogP contribution in [0.5, 0.6) is 0 Å². The number of aromatic nitrogens is 1. The fourth-order valence-electron chi connectivity index (χ4n) is 1.19. The highest BCUT2D eigenvalue weighted by atomic mass is 79.9.